The van der Waals surface area contributed by atoms with Gasteiger partial charge in [0.1, 0.15) is 11.6 Å². The van der Waals surface area contributed by atoms with Crippen LogP contribution in [0.25, 0.3) is 0 Å². The molecule has 5 heteroatoms. The van der Waals surface area contributed by atoms with Crippen LogP contribution in [-0.4, -0.2) is 55.4 Å². The van der Waals surface area contributed by atoms with E-state index in [-0.39, 0.29) is 16.7 Å². The van der Waals surface area contributed by atoms with E-state index in [9.17, 15) is 9.18 Å². The van der Waals surface area contributed by atoms with E-state index >= 15 is 0 Å². The summed E-state index contributed by atoms with van der Waals surface area (Å²) in [5.74, 6) is -0.690. The van der Waals surface area contributed by atoms with Crippen LogP contribution in [0.4, 0.5) is 4.39 Å². The van der Waals surface area contributed by atoms with E-state index in [0.29, 0.717) is 12.1 Å². The summed E-state index contributed by atoms with van der Waals surface area (Å²) in [7, 11) is 2.09. The van der Waals surface area contributed by atoms with E-state index in [4.69, 9.17) is 11.6 Å². The highest BCUT2D eigenvalue weighted by Crippen LogP contribution is 2.23. The standard InChI is InChI=1S/C15H20ClFN2O/c1-11(20)13(10-19-7-5-18(2)6-8-19)12-3-4-14(16)15(17)9-12/h3-4,9,13H,5-8,10H2,1-2H3/t13-/m0/s1. The molecule has 1 aromatic carbocycles. The zero-order valence-electron chi connectivity index (χ0n) is 11.9. The molecule has 0 N–H and O–H groups in total. The fraction of sp³-hybridized carbons (Fsp3) is 0.533. The molecule has 1 aromatic rings. The number of hydrogen-bond donors (Lipinski definition) is 0. The van der Waals surface area contributed by atoms with Crippen LogP contribution in [0.2, 0.25) is 5.02 Å². The van der Waals surface area contributed by atoms with Crippen molar-refractivity contribution in [2.75, 3.05) is 39.8 Å². The Morgan fingerprint density at radius 1 is 1.35 bits per heavy atom. The van der Waals surface area contributed by atoms with Crippen LogP contribution in [0.1, 0.15) is 18.4 Å². The molecular weight excluding hydrogens is 279 g/mol. The van der Waals surface area contributed by atoms with Gasteiger partial charge in [0.2, 0.25) is 0 Å². The molecule has 3 nitrogen and oxygen atoms in total. The minimum atomic E-state index is -0.464. The van der Waals surface area contributed by atoms with Crippen molar-refractivity contribution in [3.05, 3.63) is 34.6 Å². The molecule has 0 aliphatic carbocycles. The van der Waals surface area contributed by atoms with Crippen molar-refractivity contribution < 1.29 is 9.18 Å². The van der Waals surface area contributed by atoms with Gasteiger partial charge in [0.25, 0.3) is 0 Å². The van der Waals surface area contributed by atoms with Gasteiger partial charge in [-0.05, 0) is 31.7 Å². The number of ketones is 1. The van der Waals surface area contributed by atoms with Gasteiger partial charge in [0, 0.05) is 32.7 Å². The summed E-state index contributed by atoms with van der Waals surface area (Å²) < 4.78 is 13.6. The number of halogens is 2. The molecule has 1 aliphatic heterocycles. The second-order valence-electron chi connectivity index (χ2n) is 5.44. The Bertz CT molecular complexity index is 487. The minimum Gasteiger partial charge on any atom is -0.304 e. The highest BCUT2D eigenvalue weighted by atomic mass is 35.5. The number of carbonyl (C=O) groups excluding carboxylic acids is 1. The van der Waals surface area contributed by atoms with Crippen LogP contribution in [0.3, 0.4) is 0 Å². The van der Waals surface area contributed by atoms with Crippen molar-refractivity contribution in [3.8, 4) is 0 Å². The molecule has 0 amide bonds. The molecule has 1 aliphatic rings. The SMILES string of the molecule is CC(=O)[C@H](CN1CCN(C)CC1)c1ccc(Cl)c(F)c1. The van der Waals surface area contributed by atoms with Crippen molar-refractivity contribution >= 4 is 17.4 Å². The first-order valence-electron chi connectivity index (χ1n) is 6.83. The predicted molar refractivity (Wildman–Crippen MR) is 78.8 cm³/mol. The van der Waals surface area contributed by atoms with Crippen LogP contribution < -0.4 is 0 Å². The average Bonchev–Trinajstić information content (AvgIpc) is 2.41. The highest BCUT2D eigenvalue weighted by molar-refractivity contribution is 6.30. The molecule has 0 saturated carbocycles. The fourth-order valence-corrected chi connectivity index (χ4v) is 2.60. The average molecular weight is 299 g/mol. The van der Waals surface area contributed by atoms with E-state index in [1.54, 1.807) is 13.0 Å². The van der Waals surface area contributed by atoms with Crippen molar-refractivity contribution in [2.24, 2.45) is 0 Å². The van der Waals surface area contributed by atoms with E-state index in [2.05, 4.69) is 16.8 Å². The van der Waals surface area contributed by atoms with Crippen molar-refractivity contribution in [1.82, 2.24) is 9.80 Å². The third-order valence-electron chi connectivity index (χ3n) is 3.87. The van der Waals surface area contributed by atoms with Crippen molar-refractivity contribution in [3.63, 3.8) is 0 Å². The van der Waals surface area contributed by atoms with E-state index in [1.807, 2.05) is 0 Å². The maximum Gasteiger partial charge on any atom is 0.142 e. The van der Waals surface area contributed by atoms with Crippen molar-refractivity contribution in [2.45, 2.75) is 12.8 Å². The molecule has 0 radical (unpaired) electrons. The molecule has 0 bridgehead atoms. The number of likely N-dealkylation sites (N-methyl/N-ethyl adjacent to an activating group) is 1. The molecule has 1 fully saturated rings. The Hall–Kier alpha value is -0.970. The lowest BCUT2D eigenvalue weighted by Gasteiger charge is -2.34. The van der Waals surface area contributed by atoms with Gasteiger partial charge in [-0.15, -0.1) is 0 Å². The normalized spacial score (nSPS) is 19.0. The number of Topliss-reactive ketones (excluding diaryl/α,β-unsaturated/α-hetero) is 1. The van der Waals surface area contributed by atoms with Gasteiger partial charge in [0.15, 0.2) is 0 Å². The zero-order valence-corrected chi connectivity index (χ0v) is 12.7. The molecule has 1 saturated heterocycles. The van der Waals surface area contributed by atoms with Gasteiger partial charge in [-0.2, -0.15) is 0 Å². The second-order valence-corrected chi connectivity index (χ2v) is 5.85. The van der Waals surface area contributed by atoms with Gasteiger partial charge in [-0.1, -0.05) is 17.7 Å². The summed E-state index contributed by atoms with van der Waals surface area (Å²) in [6.45, 7) is 6.09. The molecule has 0 unspecified atom stereocenters. The Kier molecular flexibility index (Phi) is 5.13. The third-order valence-corrected chi connectivity index (χ3v) is 4.18. The lowest BCUT2D eigenvalue weighted by atomic mass is 9.94. The van der Waals surface area contributed by atoms with Crippen LogP contribution >= 0.6 is 11.6 Å². The van der Waals surface area contributed by atoms with Crippen LogP contribution in [0.15, 0.2) is 18.2 Å². The highest BCUT2D eigenvalue weighted by Gasteiger charge is 2.23. The van der Waals surface area contributed by atoms with Crippen LogP contribution in [0, 0.1) is 5.82 Å². The zero-order chi connectivity index (χ0) is 14.7. The quantitative estimate of drug-likeness (QED) is 0.853. The third kappa shape index (κ3) is 3.78. The second kappa shape index (κ2) is 6.66. The Labute approximate surface area is 124 Å². The summed E-state index contributed by atoms with van der Waals surface area (Å²) in [5.41, 5.74) is 0.707. The molecular formula is C15H20ClFN2O. The topological polar surface area (TPSA) is 23.6 Å². The molecule has 2 rings (SSSR count). The van der Waals surface area contributed by atoms with Gasteiger partial charge >= 0.3 is 0 Å². The lowest BCUT2D eigenvalue weighted by Crippen LogP contribution is -2.46. The molecule has 20 heavy (non-hydrogen) atoms. The summed E-state index contributed by atoms with van der Waals surface area (Å²) in [5, 5.41) is 0.0932. The molecule has 0 aromatic heterocycles. The summed E-state index contributed by atoms with van der Waals surface area (Å²) in [4.78, 5) is 16.4. The number of hydrogen-bond acceptors (Lipinski definition) is 3. The van der Waals surface area contributed by atoms with Gasteiger partial charge in [-0.3, -0.25) is 9.69 Å². The number of nitrogens with zero attached hydrogens (tertiary/aromatic N) is 2. The molecule has 1 atom stereocenters. The Morgan fingerprint density at radius 2 is 2.00 bits per heavy atom. The lowest BCUT2D eigenvalue weighted by molar-refractivity contribution is -0.119. The minimum absolute atomic E-state index is 0.0608. The molecule has 0 spiro atoms. The van der Waals surface area contributed by atoms with Crippen LogP contribution in [0.5, 0.6) is 0 Å². The largest absolute Gasteiger partial charge is 0.304 e. The van der Waals surface area contributed by atoms with E-state index < -0.39 is 5.82 Å². The molecule has 110 valence electrons. The predicted octanol–water partition coefficient (Wildman–Crippen LogP) is 2.40. The number of carbonyl (C=O) groups is 1. The Morgan fingerprint density at radius 3 is 2.55 bits per heavy atom. The first-order valence-corrected chi connectivity index (χ1v) is 7.21. The monoisotopic (exact) mass is 298 g/mol. The van der Waals surface area contributed by atoms with E-state index in [0.717, 1.165) is 26.2 Å². The summed E-state index contributed by atoms with van der Waals surface area (Å²) in [6, 6.07) is 4.64. The first-order chi connectivity index (χ1) is 9.47. The van der Waals surface area contributed by atoms with E-state index in [1.165, 1.54) is 12.1 Å². The fourth-order valence-electron chi connectivity index (χ4n) is 2.49. The first kappa shape index (κ1) is 15.4. The maximum atomic E-state index is 13.6. The van der Waals surface area contributed by atoms with Gasteiger partial charge in [0.05, 0.1) is 10.9 Å². The van der Waals surface area contributed by atoms with Gasteiger partial charge in [-0.25, -0.2) is 4.39 Å². The summed E-state index contributed by atoms with van der Waals surface area (Å²) in [6.07, 6.45) is 0. The number of benzene rings is 1. The van der Waals surface area contributed by atoms with Crippen LogP contribution in [-0.2, 0) is 4.79 Å². The Balaban J connectivity index is 2.10. The summed E-state index contributed by atoms with van der Waals surface area (Å²) >= 11 is 5.70. The molecule has 1 heterocycles. The van der Waals surface area contributed by atoms with Gasteiger partial charge < -0.3 is 4.90 Å². The smallest absolute Gasteiger partial charge is 0.142 e. The maximum absolute atomic E-state index is 13.6. The number of rotatable bonds is 4. The van der Waals surface area contributed by atoms with Crippen molar-refractivity contribution in [1.29, 1.82) is 0 Å². The number of piperazine rings is 1.